The number of thioether (sulfide) groups is 1. The van der Waals surface area contributed by atoms with Gasteiger partial charge in [0, 0.05) is 0 Å². The van der Waals surface area contributed by atoms with Gasteiger partial charge in [-0.05, 0) is 64.9 Å². The first-order chi connectivity index (χ1) is 11.5. The minimum absolute atomic E-state index is 0.658. The van der Waals surface area contributed by atoms with E-state index >= 15 is 0 Å². The van der Waals surface area contributed by atoms with Crippen molar-refractivity contribution in [1.82, 2.24) is 0 Å². The molecule has 0 aromatic heterocycles. The van der Waals surface area contributed by atoms with E-state index < -0.39 is 26.8 Å². The Labute approximate surface area is 156 Å². The number of fused-ring (bicyclic) bond motifs is 14. The van der Waals surface area contributed by atoms with Crippen molar-refractivity contribution < 1.29 is 26.8 Å². The molecule has 0 radical (unpaired) electrons. The predicted octanol–water partition coefficient (Wildman–Crippen LogP) is 6.71. The molecular formula is C16H32O6P2S. The molecule has 9 heteroatoms. The zero-order valence-corrected chi connectivity index (χ0v) is 18.4. The van der Waals surface area contributed by atoms with Gasteiger partial charge in [-0.25, -0.2) is 9.13 Å². The molecule has 0 amide bonds. The molecule has 0 N–H and O–H groups in total. The van der Waals surface area contributed by atoms with Crippen molar-refractivity contribution in [1.29, 1.82) is 0 Å². The molecule has 0 unspecified atom stereocenters. The highest BCUT2D eigenvalue weighted by atomic mass is 32.2. The monoisotopic (exact) mass is 414 g/mol. The SMILES string of the molecule is CC1(C)CCCCCSCCCCCC(C)(C)OP2(=O)OP(=O)(O1)O2. The van der Waals surface area contributed by atoms with Gasteiger partial charge in [-0.3, -0.25) is 9.05 Å². The molecule has 0 spiro atoms. The number of hydrogen-bond acceptors (Lipinski definition) is 7. The van der Waals surface area contributed by atoms with E-state index in [0.29, 0.717) is 0 Å². The van der Waals surface area contributed by atoms with E-state index in [4.69, 9.17) is 17.7 Å². The molecule has 3 aliphatic rings. The van der Waals surface area contributed by atoms with E-state index in [-0.39, 0.29) is 0 Å². The third-order valence-electron chi connectivity index (χ3n) is 4.25. The standard InChI is InChI=1S/C16H32O6P2S/c1-15(2)11-7-5-9-13-25-14-10-6-8-12-16(3,4)20-24(18)21-23(17,19-15)22-24/h5-14H2,1-4H3. The fourth-order valence-corrected chi connectivity index (χ4v) is 7.94. The minimum Gasteiger partial charge on any atom is -0.280 e. The molecular weight excluding hydrogens is 382 g/mol. The van der Waals surface area contributed by atoms with E-state index in [1.54, 1.807) is 0 Å². The summed E-state index contributed by atoms with van der Waals surface area (Å²) in [6, 6.07) is 0. The second-order valence-corrected chi connectivity index (χ2v) is 12.7. The van der Waals surface area contributed by atoms with Crippen LogP contribution in [0.3, 0.4) is 0 Å². The molecule has 3 saturated heterocycles. The molecule has 0 aliphatic carbocycles. The van der Waals surface area contributed by atoms with Crippen LogP contribution in [0, 0.1) is 0 Å². The van der Waals surface area contributed by atoms with Crippen molar-refractivity contribution in [2.24, 2.45) is 0 Å². The summed E-state index contributed by atoms with van der Waals surface area (Å²) in [6.07, 6.45) is 8.03. The lowest BCUT2D eigenvalue weighted by Gasteiger charge is -2.39. The minimum atomic E-state index is -3.79. The lowest BCUT2D eigenvalue weighted by molar-refractivity contribution is -0.00105. The molecule has 3 rings (SSSR count). The van der Waals surface area contributed by atoms with Gasteiger partial charge in [-0.2, -0.15) is 20.4 Å². The Kier molecular flexibility index (Phi) is 7.70. The van der Waals surface area contributed by atoms with Crippen molar-refractivity contribution >= 4 is 27.4 Å². The summed E-state index contributed by atoms with van der Waals surface area (Å²) in [4.78, 5) is 0. The van der Waals surface area contributed by atoms with Gasteiger partial charge < -0.3 is 0 Å². The maximum absolute atomic E-state index is 12.4. The Balaban J connectivity index is 1.97. The Hall–Kier alpha value is 0.650. The summed E-state index contributed by atoms with van der Waals surface area (Å²) < 4.78 is 46.0. The van der Waals surface area contributed by atoms with Crippen LogP contribution in [0.4, 0.5) is 0 Å². The van der Waals surface area contributed by atoms with E-state index in [0.717, 1.165) is 38.5 Å². The van der Waals surface area contributed by atoms with Crippen molar-refractivity contribution in [3.8, 4) is 0 Å². The van der Waals surface area contributed by atoms with Crippen LogP contribution in [0.1, 0.15) is 79.1 Å². The van der Waals surface area contributed by atoms with Gasteiger partial charge >= 0.3 is 15.6 Å². The summed E-state index contributed by atoms with van der Waals surface area (Å²) in [5.41, 5.74) is -1.32. The normalized spacial score (nSPS) is 38.1. The highest BCUT2D eigenvalue weighted by Crippen LogP contribution is 2.84. The Morgan fingerprint density at radius 3 is 1.48 bits per heavy atom. The van der Waals surface area contributed by atoms with Crippen LogP contribution in [0.15, 0.2) is 0 Å². The largest absolute Gasteiger partial charge is 0.493 e. The van der Waals surface area contributed by atoms with Crippen LogP contribution in [-0.2, 0) is 26.8 Å². The van der Waals surface area contributed by atoms with E-state index in [1.807, 2.05) is 39.5 Å². The summed E-state index contributed by atoms with van der Waals surface area (Å²) >= 11 is 2.01. The van der Waals surface area contributed by atoms with Gasteiger partial charge in [0.1, 0.15) is 0 Å². The van der Waals surface area contributed by atoms with Gasteiger partial charge in [0.15, 0.2) is 0 Å². The van der Waals surface area contributed by atoms with Crippen LogP contribution in [0.5, 0.6) is 0 Å². The van der Waals surface area contributed by atoms with Gasteiger partial charge in [-0.1, -0.05) is 25.7 Å². The van der Waals surface area contributed by atoms with Crippen molar-refractivity contribution in [3.63, 3.8) is 0 Å². The van der Waals surface area contributed by atoms with E-state index in [9.17, 15) is 9.13 Å². The Bertz CT molecular complexity index is 479. The van der Waals surface area contributed by atoms with Crippen molar-refractivity contribution in [2.45, 2.75) is 90.3 Å². The van der Waals surface area contributed by atoms with Crippen molar-refractivity contribution in [3.05, 3.63) is 0 Å². The maximum Gasteiger partial charge on any atom is 0.493 e. The number of phosphoric acid groups is 2. The fraction of sp³-hybridized carbons (Fsp3) is 1.00. The smallest absolute Gasteiger partial charge is 0.280 e. The van der Waals surface area contributed by atoms with E-state index in [2.05, 4.69) is 0 Å². The predicted molar refractivity (Wildman–Crippen MR) is 102 cm³/mol. The highest BCUT2D eigenvalue weighted by molar-refractivity contribution is 7.99. The molecule has 25 heavy (non-hydrogen) atoms. The fourth-order valence-electron chi connectivity index (χ4n) is 2.98. The first kappa shape index (κ1) is 21.9. The molecule has 0 aromatic rings. The topological polar surface area (TPSA) is 71.1 Å². The molecule has 0 atom stereocenters. The second kappa shape index (κ2) is 8.77. The zero-order chi connectivity index (χ0) is 18.6. The lowest BCUT2D eigenvalue weighted by atomic mass is 10.0. The first-order valence-electron chi connectivity index (χ1n) is 9.15. The maximum atomic E-state index is 12.4. The van der Waals surface area contributed by atoms with Gasteiger partial charge in [0.2, 0.25) is 0 Å². The third kappa shape index (κ3) is 7.65. The average molecular weight is 414 g/mol. The number of hydrogen-bond donors (Lipinski definition) is 0. The molecule has 3 aliphatic heterocycles. The number of rotatable bonds is 0. The summed E-state index contributed by atoms with van der Waals surface area (Å²) in [6.45, 7) is 7.39. The lowest BCUT2D eigenvalue weighted by Crippen LogP contribution is -2.29. The Morgan fingerprint density at radius 1 is 0.680 bits per heavy atom. The van der Waals surface area contributed by atoms with Crippen molar-refractivity contribution in [2.75, 3.05) is 11.5 Å². The zero-order valence-electron chi connectivity index (χ0n) is 15.8. The molecule has 3 fully saturated rings. The molecule has 0 aromatic carbocycles. The molecule has 3 heterocycles. The summed E-state index contributed by atoms with van der Waals surface area (Å²) in [5, 5.41) is 0. The highest BCUT2D eigenvalue weighted by Gasteiger charge is 2.60. The van der Waals surface area contributed by atoms with Crippen LogP contribution >= 0.6 is 27.4 Å². The van der Waals surface area contributed by atoms with Gasteiger partial charge in [-0.15, -0.1) is 0 Å². The molecule has 2 bridgehead atoms. The van der Waals surface area contributed by atoms with Gasteiger partial charge in [0.25, 0.3) is 0 Å². The van der Waals surface area contributed by atoms with Crippen LogP contribution in [0.2, 0.25) is 0 Å². The summed E-state index contributed by atoms with van der Waals surface area (Å²) in [5.74, 6) is 2.37. The third-order valence-corrected chi connectivity index (χ3v) is 10.0. The van der Waals surface area contributed by atoms with Crippen LogP contribution in [0.25, 0.3) is 0 Å². The second-order valence-electron chi connectivity index (χ2n) is 7.99. The summed E-state index contributed by atoms with van der Waals surface area (Å²) in [7, 11) is -7.58. The van der Waals surface area contributed by atoms with Crippen LogP contribution in [-0.4, -0.2) is 22.7 Å². The van der Waals surface area contributed by atoms with Gasteiger partial charge in [0.05, 0.1) is 11.2 Å². The molecule has 6 nitrogen and oxygen atoms in total. The Morgan fingerprint density at radius 2 is 1.08 bits per heavy atom. The molecule has 148 valence electrons. The van der Waals surface area contributed by atoms with E-state index in [1.165, 1.54) is 24.3 Å². The van der Waals surface area contributed by atoms with Crippen LogP contribution < -0.4 is 0 Å². The average Bonchev–Trinajstić information content (AvgIpc) is 2.40. The quantitative estimate of drug-likeness (QED) is 0.408. The molecule has 0 saturated carbocycles. The first-order valence-corrected chi connectivity index (χ1v) is 13.2.